The Labute approximate surface area is 148 Å². The van der Waals surface area contributed by atoms with E-state index in [9.17, 15) is 0 Å². The lowest BCUT2D eigenvalue weighted by atomic mass is 10.2. The van der Waals surface area contributed by atoms with Gasteiger partial charge < -0.3 is 24.7 Å². The molecule has 1 aromatic heterocycles. The zero-order valence-electron chi connectivity index (χ0n) is 15.5. The van der Waals surface area contributed by atoms with Crippen molar-refractivity contribution >= 4 is 11.6 Å². The molecular weight excluding hydrogens is 320 g/mol. The van der Waals surface area contributed by atoms with Crippen LogP contribution in [-0.2, 0) is 13.6 Å². The fourth-order valence-electron chi connectivity index (χ4n) is 2.21. The lowest BCUT2D eigenvalue weighted by Crippen LogP contribution is -2.30. The molecule has 0 aliphatic carbocycles. The van der Waals surface area contributed by atoms with Crippen molar-refractivity contribution in [1.82, 2.24) is 20.1 Å². The minimum absolute atomic E-state index is 0.432. The van der Waals surface area contributed by atoms with Gasteiger partial charge in [0.05, 0.1) is 13.7 Å². The van der Waals surface area contributed by atoms with Crippen LogP contribution in [0.25, 0.3) is 0 Å². The van der Waals surface area contributed by atoms with Crippen LogP contribution in [0.15, 0.2) is 23.2 Å². The first-order valence-electron chi connectivity index (χ1n) is 8.30. The molecule has 0 bridgehead atoms. The minimum atomic E-state index is 0.432. The summed E-state index contributed by atoms with van der Waals surface area (Å²) in [6.45, 7) is 7.62. The summed E-state index contributed by atoms with van der Waals surface area (Å²) in [7, 11) is 3.55. The Morgan fingerprint density at radius 2 is 2.04 bits per heavy atom. The number of ether oxygens (including phenoxy) is 2. The average Bonchev–Trinajstić information content (AvgIpc) is 2.92. The fraction of sp³-hybridized carbons (Fsp3) is 0.471. The molecule has 1 heterocycles. The molecule has 0 aliphatic rings. The highest BCUT2D eigenvalue weighted by Gasteiger charge is 2.08. The molecule has 2 aromatic rings. The van der Waals surface area contributed by atoms with Gasteiger partial charge in [0.25, 0.3) is 0 Å². The first-order valence-corrected chi connectivity index (χ1v) is 8.30. The van der Waals surface area contributed by atoms with E-state index in [1.54, 1.807) is 7.11 Å². The summed E-state index contributed by atoms with van der Waals surface area (Å²) >= 11 is 0. The number of guanidine groups is 1. The summed E-state index contributed by atoms with van der Waals surface area (Å²) in [5.41, 5.74) is 0.859. The Hall–Kier alpha value is -2.77. The molecule has 0 saturated heterocycles. The van der Waals surface area contributed by atoms with Gasteiger partial charge in [-0.05, 0) is 32.9 Å². The summed E-state index contributed by atoms with van der Waals surface area (Å²) in [6.07, 6.45) is 0. The number of aromatic nitrogens is 3. The average molecular weight is 346 g/mol. The van der Waals surface area contributed by atoms with Crippen molar-refractivity contribution in [3.8, 4) is 11.5 Å². The van der Waals surface area contributed by atoms with Gasteiger partial charge in [-0.25, -0.2) is 4.99 Å². The van der Waals surface area contributed by atoms with Gasteiger partial charge in [0.2, 0.25) is 0 Å². The predicted molar refractivity (Wildman–Crippen MR) is 98.3 cm³/mol. The summed E-state index contributed by atoms with van der Waals surface area (Å²) in [6, 6.07) is 5.67. The maximum absolute atomic E-state index is 5.61. The number of methoxy groups -OCH3 is 1. The van der Waals surface area contributed by atoms with Gasteiger partial charge in [-0.1, -0.05) is 0 Å². The summed E-state index contributed by atoms with van der Waals surface area (Å²) in [5.74, 6) is 3.72. The van der Waals surface area contributed by atoms with Gasteiger partial charge in [0.1, 0.15) is 12.4 Å². The van der Waals surface area contributed by atoms with E-state index in [1.165, 1.54) is 0 Å². The third kappa shape index (κ3) is 4.85. The molecule has 0 atom stereocenters. The van der Waals surface area contributed by atoms with Gasteiger partial charge in [0.15, 0.2) is 23.3 Å². The number of nitrogens with one attached hydrogen (secondary N) is 2. The predicted octanol–water partition coefficient (Wildman–Crippen LogP) is 2.11. The molecule has 0 radical (unpaired) electrons. The Morgan fingerprint density at radius 3 is 2.64 bits per heavy atom. The Balaban J connectivity index is 2.16. The summed E-state index contributed by atoms with van der Waals surface area (Å²) < 4.78 is 12.8. The van der Waals surface area contributed by atoms with Crippen LogP contribution in [0.1, 0.15) is 25.5 Å². The van der Waals surface area contributed by atoms with Crippen molar-refractivity contribution in [2.24, 2.45) is 12.0 Å². The highest BCUT2D eigenvalue weighted by atomic mass is 16.5. The van der Waals surface area contributed by atoms with Crippen molar-refractivity contribution in [2.75, 3.05) is 25.6 Å². The largest absolute Gasteiger partial charge is 0.493 e. The zero-order valence-corrected chi connectivity index (χ0v) is 15.5. The SMILES string of the molecule is CCNC(=NCc1nnc(C)n1C)Nc1ccc(OC)c(OCC)c1. The third-order valence-electron chi connectivity index (χ3n) is 3.63. The van der Waals surface area contributed by atoms with Crippen molar-refractivity contribution in [1.29, 1.82) is 0 Å². The summed E-state index contributed by atoms with van der Waals surface area (Å²) in [5, 5.41) is 14.7. The van der Waals surface area contributed by atoms with E-state index in [-0.39, 0.29) is 0 Å². The van der Waals surface area contributed by atoms with Crippen LogP contribution >= 0.6 is 0 Å². The van der Waals surface area contributed by atoms with Crippen LogP contribution in [0.3, 0.4) is 0 Å². The number of hydrogen-bond donors (Lipinski definition) is 2. The molecule has 0 unspecified atom stereocenters. The van der Waals surface area contributed by atoms with E-state index in [1.807, 2.05) is 50.6 Å². The number of anilines is 1. The molecule has 2 N–H and O–H groups in total. The molecule has 0 saturated carbocycles. The molecule has 0 amide bonds. The Kier molecular flexibility index (Phi) is 6.62. The maximum Gasteiger partial charge on any atom is 0.196 e. The number of hydrogen-bond acceptors (Lipinski definition) is 5. The molecule has 136 valence electrons. The molecular formula is C17H26N6O2. The standard InChI is InChI=1S/C17H26N6O2/c1-6-18-17(19-11-16-22-21-12(3)23(16)4)20-13-8-9-14(24-5)15(10-13)25-7-2/h8-10H,6-7,11H2,1-5H3,(H2,18,19,20). The number of aryl methyl sites for hydroxylation is 1. The second-order valence-electron chi connectivity index (χ2n) is 5.34. The lowest BCUT2D eigenvalue weighted by Gasteiger charge is -2.14. The molecule has 25 heavy (non-hydrogen) atoms. The van der Waals surface area contributed by atoms with Crippen LogP contribution in [-0.4, -0.2) is 41.0 Å². The molecule has 0 spiro atoms. The minimum Gasteiger partial charge on any atom is -0.493 e. The first kappa shape index (κ1) is 18.6. The Morgan fingerprint density at radius 1 is 1.24 bits per heavy atom. The van der Waals surface area contributed by atoms with Gasteiger partial charge in [-0.15, -0.1) is 10.2 Å². The lowest BCUT2D eigenvalue weighted by molar-refractivity contribution is 0.311. The quantitative estimate of drug-likeness (QED) is 0.590. The van der Waals surface area contributed by atoms with E-state index in [0.717, 1.165) is 23.9 Å². The normalized spacial score (nSPS) is 11.3. The van der Waals surface area contributed by atoms with E-state index in [2.05, 4.69) is 25.8 Å². The van der Waals surface area contributed by atoms with Crippen LogP contribution < -0.4 is 20.1 Å². The molecule has 0 fully saturated rings. The van der Waals surface area contributed by atoms with E-state index < -0.39 is 0 Å². The van der Waals surface area contributed by atoms with Crippen molar-refractivity contribution in [2.45, 2.75) is 27.3 Å². The molecule has 8 heteroatoms. The molecule has 0 aliphatic heterocycles. The number of benzene rings is 1. The summed E-state index contributed by atoms with van der Waals surface area (Å²) in [4.78, 5) is 4.57. The zero-order chi connectivity index (χ0) is 18.2. The van der Waals surface area contributed by atoms with Crippen LogP contribution in [0.4, 0.5) is 5.69 Å². The van der Waals surface area contributed by atoms with Gasteiger partial charge in [-0.2, -0.15) is 0 Å². The third-order valence-corrected chi connectivity index (χ3v) is 3.63. The maximum atomic E-state index is 5.61. The monoisotopic (exact) mass is 346 g/mol. The van der Waals surface area contributed by atoms with Crippen LogP contribution in [0, 0.1) is 6.92 Å². The molecule has 2 rings (SSSR count). The Bertz CT molecular complexity index is 726. The van der Waals surface area contributed by atoms with Gasteiger partial charge >= 0.3 is 0 Å². The number of aliphatic imine (C=N–C) groups is 1. The van der Waals surface area contributed by atoms with Crippen LogP contribution in [0.2, 0.25) is 0 Å². The van der Waals surface area contributed by atoms with Crippen molar-refractivity contribution in [3.63, 3.8) is 0 Å². The van der Waals surface area contributed by atoms with E-state index in [4.69, 9.17) is 9.47 Å². The molecule has 8 nitrogen and oxygen atoms in total. The van der Waals surface area contributed by atoms with Gasteiger partial charge in [0, 0.05) is 25.3 Å². The van der Waals surface area contributed by atoms with Gasteiger partial charge in [-0.3, -0.25) is 0 Å². The molecule has 1 aromatic carbocycles. The number of nitrogens with zero attached hydrogens (tertiary/aromatic N) is 4. The van der Waals surface area contributed by atoms with E-state index >= 15 is 0 Å². The second-order valence-corrected chi connectivity index (χ2v) is 5.34. The number of rotatable bonds is 7. The second kappa shape index (κ2) is 8.91. The smallest absolute Gasteiger partial charge is 0.196 e. The highest BCUT2D eigenvalue weighted by molar-refractivity contribution is 5.93. The van der Waals surface area contributed by atoms with Crippen molar-refractivity contribution < 1.29 is 9.47 Å². The van der Waals surface area contributed by atoms with Crippen LogP contribution in [0.5, 0.6) is 11.5 Å². The topological polar surface area (TPSA) is 85.6 Å². The van der Waals surface area contributed by atoms with E-state index in [0.29, 0.717) is 30.6 Å². The highest BCUT2D eigenvalue weighted by Crippen LogP contribution is 2.30. The van der Waals surface area contributed by atoms with Crippen molar-refractivity contribution in [3.05, 3.63) is 29.8 Å². The first-order chi connectivity index (χ1) is 12.1. The fourth-order valence-corrected chi connectivity index (χ4v) is 2.21.